The molecule has 10 heteroatoms. The first-order chi connectivity index (χ1) is 14.7. The van der Waals surface area contributed by atoms with Crippen molar-refractivity contribution in [2.24, 2.45) is 5.73 Å². The Morgan fingerprint density at radius 3 is 2.32 bits per heavy atom. The summed E-state index contributed by atoms with van der Waals surface area (Å²) in [6.07, 6.45) is -3.28. The van der Waals surface area contributed by atoms with Gasteiger partial charge in [0.05, 0.1) is 24.3 Å². The van der Waals surface area contributed by atoms with E-state index in [4.69, 9.17) is 15.0 Å². The van der Waals surface area contributed by atoms with Crippen LogP contribution in [-0.4, -0.2) is 30.5 Å². The number of hydrogen-bond acceptors (Lipinski definition) is 5. The molecule has 2 aromatic carbocycles. The molecule has 0 saturated heterocycles. The minimum Gasteiger partial charge on any atom is -0.493 e. The van der Waals surface area contributed by atoms with E-state index >= 15 is 0 Å². The van der Waals surface area contributed by atoms with Gasteiger partial charge in [0.25, 0.3) is 0 Å². The van der Waals surface area contributed by atoms with E-state index in [0.29, 0.717) is 18.4 Å². The number of aliphatic hydroxyl groups excluding tert-OH is 1. The second-order valence-electron chi connectivity index (χ2n) is 7.30. The second kappa shape index (κ2) is 11.5. The van der Waals surface area contributed by atoms with Crippen molar-refractivity contribution in [3.63, 3.8) is 0 Å². The zero-order valence-electron chi connectivity index (χ0n) is 16.8. The van der Waals surface area contributed by atoms with Gasteiger partial charge in [-0.25, -0.2) is 4.39 Å². The standard InChI is InChI=1S/C21H25F4NO4P/c22-17-6-3-15(4-7-17)2-1-11-29-19-8-5-16(12-18(19)21(23,24)25)9-10-20(26,13-27)14-30-31-28/h3-8,12,27,31H,1-2,9-11,13-14,26H2/q+1. The summed E-state index contributed by atoms with van der Waals surface area (Å²) in [5, 5.41) is 9.41. The van der Waals surface area contributed by atoms with E-state index in [9.17, 15) is 27.2 Å². The van der Waals surface area contributed by atoms with Crippen molar-refractivity contribution in [2.45, 2.75) is 37.4 Å². The number of aliphatic hydroxyl groups is 1. The van der Waals surface area contributed by atoms with Crippen molar-refractivity contribution in [3.8, 4) is 5.75 Å². The van der Waals surface area contributed by atoms with Gasteiger partial charge in [-0.3, -0.25) is 0 Å². The van der Waals surface area contributed by atoms with Gasteiger partial charge in [0.2, 0.25) is 0 Å². The van der Waals surface area contributed by atoms with Gasteiger partial charge < -0.3 is 15.6 Å². The Morgan fingerprint density at radius 2 is 1.71 bits per heavy atom. The number of alkyl halides is 3. The lowest BCUT2D eigenvalue weighted by Gasteiger charge is -2.24. The highest BCUT2D eigenvalue weighted by molar-refractivity contribution is 7.17. The summed E-state index contributed by atoms with van der Waals surface area (Å²) < 4.78 is 74.0. The quantitative estimate of drug-likeness (QED) is 0.277. The molecule has 2 atom stereocenters. The third-order valence-electron chi connectivity index (χ3n) is 4.77. The maximum atomic E-state index is 13.5. The Hall–Kier alpha value is -2.06. The van der Waals surface area contributed by atoms with Gasteiger partial charge in [-0.2, -0.15) is 13.2 Å². The molecule has 0 amide bonds. The fraction of sp³-hybridized carbons (Fsp3) is 0.429. The van der Waals surface area contributed by atoms with Crippen molar-refractivity contribution in [1.29, 1.82) is 0 Å². The molecule has 31 heavy (non-hydrogen) atoms. The highest BCUT2D eigenvalue weighted by Crippen LogP contribution is 2.37. The largest absolute Gasteiger partial charge is 0.494 e. The van der Waals surface area contributed by atoms with Crippen LogP contribution in [-0.2, 0) is 28.1 Å². The smallest absolute Gasteiger partial charge is 0.493 e. The molecule has 0 aliphatic rings. The van der Waals surface area contributed by atoms with Crippen LogP contribution < -0.4 is 10.5 Å². The predicted octanol–water partition coefficient (Wildman–Crippen LogP) is 4.43. The molecule has 0 aromatic heterocycles. The average molecular weight is 462 g/mol. The molecule has 5 nitrogen and oxygen atoms in total. The Balaban J connectivity index is 2.00. The van der Waals surface area contributed by atoms with Gasteiger partial charge in [0.1, 0.15) is 18.2 Å². The fourth-order valence-electron chi connectivity index (χ4n) is 2.95. The molecule has 2 unspecified atom stereocenters. The number of halogens is 4. The van der Waals surface area contributed by atoms with Gasteiger partial charge in [0.15, 0.2) is 0 Å². The molecule has 0 heterocycles. The van der Waals surface area contributed by atoms with Gasteiger partial charge >= 0.3 is 14.9 Å². The van der Waals surface area contributed by atoms with Gasteiger partial charge in [-0.15, -0.1) is 4.52 Å². The first kappa shape index (κ1) is 25.2. The number of rotatable bonds is 12. The van der Waals surface area contributed by atoms with Crippen LogP contribution in [0, 0.1) is 5.82 Å². The fourth-order valence-corrected chi connectivity index (χ4v) is 3.30. The number of nitrogens with two attached hydrogens (primary N) is 1. The Kier molecular flexibility index (Phi) is 9.37. The molecule has 170 valence electrons. The Morgan fingerprint density at radius 1 is 1.03 bits per heavy atom. The van der Waals surface area contributed by atoms with Crippen LogP contribution in [0.4, 0.5) is 17.6 Å². The van der Waals surface area contributed by atoms with Crippen LogP contribution in [0.5, 0.6) is 5.75 Å². The molecule has 2 aromatic rings. The van der Waals surface area contributed by atoms with E-state index in [1.807, 2.05) is 0 Å². The summed E-state index contributed by atoms with van der Waals surface area (Å²) in [6.45, 7) is -0.560. The molecule has 0 bridgehead atoms. The lowest BCUT2D eigenvalue weighted by molar-refractivity contribution is -0.139. The molecule has 0 fully saturated rings. The van der Waals surface area contributed by atoms with Crippen LogP contribution in [0.15, 0.2) is 42.5 Å². The summed E-state index contributed by atoms with van der Waals surface area (Å²) in [6, 6.07) is 9.69. The molecular weight excluding hydrogens is 437 g/mol. The lowest BCUT2D eigenvalue weighted by atomic mass is 9.93. The zero-order valence-corrected chi connectivity index (χ0v) is 17.8. The number of hydrogen-bond donors (Lipinski definition) is 2. The van der Waals surface area contributed by atoms with Crippen LogP contribution >= 0.6 is 8.69 Å². The van der Waals surface area contributed by atoms with Crippen molar-refractivity contribution in [1.82, 2.24) is 0 Å². The van der Waals surface area contributed by atoms with Crippen LogP contribution in [0.1, 0.15) is 29.5 Å². The molecule has 3 N–H and O–H groups in total. The van der Waals surface area contributed by atoms with E-state index in [-0.39, 0.29) is 37.6 Å². The Labute approximate surface area is 179 Å². The third-order valence-corrected chi connectivity index (χ3v) is 5.04. The zero-order chi connectivity index (χ0) is 22.9. The second-order valence-corrected chi connectivity index (χ2v) is 7.75. The summed E-state index contributed by atoms with van der Waals surface area (Å²) >= 11 is 0. The first-order valence-electron chi connectivity index (χ1n) is 9.63. The minimum absolute atomic E-state index is 0.0730. The van der Waals surface area contributed by atoms with E-state index in [0.717, 1.165) is 11.6 Å². The monoisotopic (exact) mass is 462 g/mol. The van der Waals surface area contributed by atoms with Crippen molar-refractivity contribution in [2.75, 3.05) is 19.8 Å². The van der Waals surface area contributed by atoms with Crippen molar-refractivity contribution in [3.05, 3.63) is 65.0 Å². The average Bonchev–Trinajstić information content (AvgIpc) is 2.75. The van der Waals surface area contributed by atoms with Gasteiger partial charge in [0, 0.05) is 0 Å². The Bertz CT molecular complexity index is 848. The molecule has 0 spiro atoms. The van der Waals surface area contributed by atoms with Crippen LogP contribution in [0.25, 0.3) is 0 Å². The first-order valence-corrected chi connectivity index (χ1v) is 10.4. The van der Waals surface area contributed by atoms with E-state index < -0.39 is 32.6 Å². The summed E-state index contributed by atoms with van der Waals surface area (Å²) in [5.41, 5.74) is 5.09. The molecule has 0 aliphatic carbocycles. The molecule has 0 aliphatic heterocycles. The van der Waals surface area contributed by atoms with Gasteiger partial charge in [-0.05, 0) is 65.6 Å². The van der Waals surface area contributed by atoms with E-state index in [1.54, 1.807) is 12.1 Å². The van der Waals surface area contributed by atoms with Crippen molar-refractivity contribution < 1.29 is 36.5 Å². The predicted molar refractivity (Wildman–Crippen MR) is 109 cm³/mol. The molecule has 0 radical (unpaired) electrons. The lowest BCUT2D eigenvalue weighted by Crippen LogP contribution is -2.47. The van der Waals surface area contributed by atoms with Crippen LogP contribution in [0.3, 0.4) is 0 Å². The van der Waals surface area contributed by atoms with E-state index in [2.05, 4.69) is 0 Å². The highest BCUT2D eigenvalue weighted by atomic mass is 31.1. The van der Waals surface area contributed by atoms with Crippen LogP contribution in [0.2, 0.25) is 0 Å². The maximum Gasteiger partial charge on any atom is 0.494 e. The number of aryl methyl sites for hydroxylation is 2. The maximum absolute atomic E-state index is 13.5. The molecular formula is C21H25F4NO4P+. The highest BCUT2D eigenvalue weighted by Gasteiger charge is 2.35. The number of benzene rings is 2. The third kappa shape index (κ3) is 8.18. The summed E-state index contributed by atoms with van der Waals surface area (Å²) in [7, 11) is -1.04. The topological polar surface area (TPSA) is 81.8 Å². The summed E-state index contributed by atoms with van der Waals surface area (Å²) in [5.74, 6) is -0.619. The SMILES string of the molecule is NC(CO)(CCc1ccc(OCCCc2ccc(F)cc2)c(C(F)(F)F)c1)CO[PH+]=O. The van der Waals surface area contributed by atoms with E-state index in [1.165, 1.54) is 24.3 Å². The minimum atomic E-state index is -4.61. The normalized spacial score (nSPS) is 13.9. The molecule has 2 rings (SSSR count). The number of ether oxygens (including phenoxy) is 1. The van der Waals surface area contributed by atoms with Gasteiger partial charge in [-0.1, -0.05) is 18.2 Å². The summed E-state index contributed by atoms with van der Waals surface area (Å²) in [4.78, 5) is 0. The molecule has 0 saturated carbocycles. The van der Waals surface area contributed by atoms with Crippen molar-refractivity contribution >= 4 is 8.69 Å².